The molecular weight excluding hydrogens is 368 g/mol. The van der Waals surface area contributed by atoms with Crippen molar-refractivity contribution in [3.63, 3.8) is 0 Å². The van der Waals surface area contributed by atoms with E-state index in [0.717, 1.165) is 45.4 Å². The minimum Gasteiger partial charge on any atom is -0.491 e. The highest BCUT2D eigenvalue weighted by atomic mass is 16.5. The molecule has 0 spiro atoms. The molecule has 2 amide bonds. The van der Waals surface area contributed by atoms with Crippen LogP contribution in [0.15, 0.2) is 48.5 Å². The first-order chi connectivity index (χ1) is 14.2. The summed E-state index contributed by atoms with van der Waals surface area (Å²) in [6.07, 6.45) is 4.32. The molecule has 4 rings (SSSR count). The van der Waals surface area contributed by atoms with Crippen molar-refractivity contribution < 1.29 is 19.1 Å². The van der Waals surface area contributed by atoms with E-state index in [4.69, 9.17) is 9.47 Å². The molecule has 0 radical (unpaired) electrons. The number of rotatable bonds is 6. The Morgan fingerprint density at radius 1 is 1.03 bits per heavy atom. The van der Waals surface area contributed by atoms with Crippen LogP contribution < -0.4 is 10.1 Å². The first-order valence-electron chi connectivity index (χ1n) is 10.2. The highest BCUT2D eigenvalue weighted by Gasteiger charge is 2.22. The average Bonchev–Trinajstić information content (AvgIpc) is 3.47. The molecule has 0 saturated carbocycles. The van der Waals surface area contributed by atoms with Gasteiger partial charge < -0.3 is 19.7 Å². The van der Waals surface area contributed by atoms with E-state index in [1.54, 1.807) is 36.4 Å². The van der Waals surface area contributed by atoms with Crippen LogP contribution >= 0.6 is 0 Å². The number of ether oxygens (including phenoxy) is 2. The molecule has 0 bridgehead atoms. The molecule has 1 unspecified atom stereocenters. The zero-order valence-electron chi connectivity index (χ0n) is 16.4. The number of hydrogen-bond acceptors (Lipinski definition) is 4. The predicted octanol–water partition coefficient (Wildman–Crippen LogP) is 3.73. The average molecular weight is 394 g/mol. The summed E-state index contributed by atoms with van der Waals surface area (Å²) in [7, 11) is 0. The molecule has 152 valence electrons. The Morgan fingerprint density at radius 2 is 1.79 bits per heavy atom. The summed E-state index contributed by atoms with van der Waals surface area (Å²) in [5.41, 5.74) is 1.57. The van der Waals surface area contributed by atoms with Crippen LogP contribution in [0.5, 0.6) is 5.75 Å². The number of hydrogen-bond donors (Lipinski definition) is 1. The number of anilines is 1. The zero-order chi connectivity index (χ0) is 20.1. The van der Waals surface area contributed by atoms with E-state index in [-0.39, 0.29) is 17.9 Å². The van der Waals surface area contributed by atoms with E-state index >= 15 is 0 Å². The van der Waals surface area contributed by atoms with Gasteiger partial charge >= 0.3 is 0 Å². The van der Waals surface area contributed by atoms with Gasteiger partial charge in [0, 0.05) is 25.3 Å². The van der Waals surface area contributed by atoms with Crippen molar-refractivity contribution >= 4 is 17.5 Å². The molecule has 6 heteroatoms. The van der Waals surface area contributed by atoms with Crippen molar-refractivity contribution in [3.05, 3.63) is 59.7 Å². The van der Waals surface area contributed by atoms with Gasteiger partial charge in [-0.3, -0.25) is 9.59 Å². The second-order valence-corrected chi connectivity index (χ2v) is 7.47. The molecule has 6 nitrogen and oxygen atoms in total. The third kappa shape index (κ3) is 4.77. The maximum atomic E-state index is 12.8. The molecule has 2 aliphatic rings. The molecule has 29 heavy (non-hydrogen) atoms. The Hall–Kier alpha value is -2.86. The van der Waals surface area contributed by atoms with Gasteiger partial charge in [0.15, 0.2) is 0 Å². The topological polar surface area (TPSA) is 67.9 Å². The molecule has 2 aliphatic heterocycles. The van der Waals surface area contributed by atoms with Crippen LogP contribution in [0.1, 0.15) is 46.4 Å². The Kier molecular flexibility index (Phi) is 6.10. The SMILES string of the molecule is O=C(Nc1ccccc1C(=O)N1CCCC1)c1ccc(OCC2CCCO2)cc1. The maximum absolute atomic E-state index is 12.8. The van der Waals surface area contributed by atoms with Crippen LogP contribution in [-0.4, -0.2) is 49.1 Å². The number of carbonyl (C=O) groups is 2. The lowest BCUT2D eigenvalue weighted by atomic mass is 10.1. The molecule has 2 saturated heterocycles. The molecule has 2 heterocycles. The third-order valence-corrected chi connectivity index (χ3v) is 5.38. The van der Waals surface area contributed by atoms with Crippen LogP contribution in [0.3, 0.4) is 0 Å². The number of nitrogens with zero attached hydrogens (tertiary/aromatic N) is 1. The molecule has 2 aromatic rings. The summed E-state index contributed by atoms with van der Waals surface area (Å²) in [6.45, 7) is 2.87. The van der Waals surface area contributed by atoms with Crippen LogP contribution in [0.4, 0.5) is 5.69 Å². The number of nitrogens with one attached hydrogen (secondary N) is 1. The molecule has 2 aromatic carbocycles. The highest BCUT2D eigenvalue weighted by Crippen LogP contribution is 2.22. The fourth-order valence-corrected chi connectivity index (χ4v) is 3.73. The Morgan fingerprint density at radius 3 is 2.52 bits per heavy atom. The van der Waals surface area contributed by atoms with Crippen LogP contribution in [0.2, 0.25) is 0 Å². The van der Waals surface area contributed by atoms with Crippen molar-refractivity contribution in [1.29, 1.82) is 0 Å². The maximum Gasteiger partial charge on any atom is 0.255 e. The van der Waals surface area contributed by atoms with Gasteiger partial charge in [-0.2, -0.15) is 0 Å². The van der Waals surface area contributed by atoms with E-state index in [2.05, 4.69) is 5.32 Å². The zero-order valence-corrected chi connectivity index (χ0v) is 16.4. The van der Waals surface area contributed by atoms with Gasteiger partial charge in [-0.05, 0) is 62.1 Å². The Labute approximate surface area is 170 Å². The minimum absolute atomic E-state index is 0.0312. The minimum atomic E-state index is -0.252. The van der Waals surface area contributed by atoms with Crippen molar-refractivity contribution in [2.75, 3.05) is 31.6 Å². The summed E-state index contributed by atoms with van der Waals surface area (Å²) >= 11 is 0. The van der Waals surface area contributed by atoms with Gasteiger partial charge in [-0.1, -0.05) is 12.1 Å². The standard InChI is InChI=1S/C23H26N2O4/c26-22(17-9-11-18(12-10-17)29-16-19-6-5-15-28-19)24-21-8-2-1-7-20(21)23(27)25-13-3-4-14-25/h1-2,7-12,19H,3-6,13-16H2,(H,24,26). The van der Waals surface area contributed by atoms with Crippen molar-refractivity contribution in [2.24, 2.45) is 0 Å². The van der Waals surface area contributed by atoms with Gasteiger partial charge in [0.05, 0.1) is 17.4 Å². The Balaban J connectivity index is 1.39. The lowest BCUT2D eigenvalue weighted by Crippen LogP contribution is -2.28. The quantitative estimate of drug-likeness (QED) is 0.811. The predicted molar refractivity (Wildman–Crippen MR) is 110 cm³/mol. The lowest BCUT2D eigenvalue weighted by Gasteiger charge is -2.18. The first kappa shape index (κ1) is 19.5. The van der Waals surface area contributed by atoms with Gasteiger partial charge in [-0.15, -0.1) is 0 Å². The summed E-state index contributed by atoms with van der Waals surface area (Å²) in [4.78, 5) is 27.3. The van der Waals surface area contributed by atoms with E-state index in [1.807, 2.05) is 17.0 Å². The van der Waals surface area contributed by atoms with Gasteiger partial charge in [-0.25, -0.2) is 0 Å². The summed E-state index contributed by atoms with van der Waals surface area (Å²) < 4.78 is 11.3. The van der Waals surface area contributed by atoms with Crippen LogP contribution in [-0.2, 0) is 4.74 Å². The molecule has 2 fully saturated rings. The van der Waals surface area contributed by atoms with Gasteiger partial charge in [0.25, 0.3) is 11.8 Å². The lowest BCUT2D eigenvalue weighted by molar-refractivity contribution is 0.0679. The van der Waals surface area contributed by atoms with Crippen molar-refractivity contribution in [3.8, 4) is 5.75 Å². The summed E-state index contributed by atoms with van der Waals surface area (Å²) in [5.74, 6) is 0.426. The molecule has 0 aromatic heterocycles. The molecule has 1 N–H and O–H groups in total. The van der Waals surface area contributed by atoms with E-state index in [0.29, 0.717) is 29.2 Å². The third-order valence-electron chi connectivity index (χ3n) is 5.38. The van der Waals surface area contributed by atoms with Gasteiger partial charge in [0.1, 0.15) is 12.4 Å². The molecule has 0 aliphatic carbocycles. The van der Waals surface area contributed by atoms with Crippen molar-refractivity contribution in [1.82, 2.24) is 4.90 Å². The smallest absolute Gasteiger partial charge is 0.255 e. The van der Waals surface area contributed by atoms with E-state index in [1.165, 1.54) is 0 Å². The monoisotopic (exact) mass is 394 g/mol. The highest BCUT2D eigenvalue weighted by molar-refractivity contribution is 6.09. The second kappa shape index (κ2) is 9.09. The number of para-hydroxylation sites is 1. The molecule has 1 atom stereocenters. The number of carbonyl (C=O) groups excluding carboxylic acids is 2. The van der Waals surface area contributed by atoms with Crippen LogP contribution in [0.25, 0.3) is 0 Å². The summed E-state index contributed by atoms with van der Waals surface area (Å²) in [6, 6.07) is 14.2. The number of amides is 2. The summed E-state index contributed by atoms with van der Waals surface area (Å²) in [5, 5.41) is 2.88. The number of benzene rings is 2. The molecular formula is C23H26N2O4. The Bertz CT molecular complexity index is 853. The van der Waals surface area contributed by atoms with E-state index < -0.39 is 0 Å². The first-order valence-corrected chi connectivity index (χ1v) is 10.2. The normalized spacial score (nSPS) is 18.6. The largest absolute Gasteiger partial charge is 0.491 e. The van der Waals surface area contributed by atoms with Crippen molar-refractivity contribution in [2.45, 2.75) is 31.8 Å². The van der Waals surface area contributed by atoms with E-state index in [9.17, 15) is 9.59 Å². The fraction of sp³-hybridized carbons (Fsp3) is 0.391. The van der Waals surface area contributed by atoms with Gasteiger partial charge in [0.2, 0.25) is 0 Å². The second-order valence-electron chi connectivity index (χ2n) is 7.47. The fourth-order valence-electron chi connectivity index (χ4n) is 3.73. The number of likely N-dealkylation sites (tertiary alicyclic amines) is 1. The van der Waals surface area contributed by atoms with Crippen LogP contribution in [0, 0.1) is 0 Å².